The summed E-state index contributed by atoms with van der Waals surface area (Å²) in [6, 6.07) is 15.1. The van der Waals surface area contributed by atoms with Crippen LogP contribution in [0.15, 0.2) is 66.7 Å². The van der Waals surface area contributed by atoms with Crippen molar-refractivity contribution >= 4 is 58.2 Å². The van der Waals surface area contributed by atoms with Crippen LogP contribution in [0.1, 0.15) is 71.0 Å². The van der Waals surface area contributed by atoms with Gasteiger partial charge in [-0.15, -0.1) is 0 Å². The Labute approximate surface area is 288 Å². The number of halogens is 2. The van der Waals surface area contributed by atoms with E-state index in [4.69, 9.17) is 27.9 Å². The summed E-state index contributed by atoms with van der Waals surface area (Å²) in [4.78, 5) is 50.0. The number of aryl methyl sites for hydroxylation is 1. The Kier molecular flexibility index (Phi) is 12.2. The number of benzene rings is 3. The van der Waals surface area contributed by atoms with Gasteiger partial charge in [0.05, 0.1) is 27.6 Å². The summed E-state index contributed by atoms with van der Waals surface area (Å²) in [6.45, 7) is 5.41. The van der Waals surface area contributed by atoms with Crippen LogP contribution in [-0.4, -0.2) is 35.4 Å². The Morgan fingerprint density at radius 1 is 0.955 bits per heavy atom. The van der Waals surface area contributed by atoms with Crippen LogP contribution in [0.2, 0.25) is 10.0 Å². The standard InChI is InChI=1S/C33H32Cl2N2O6.Na/c1-33(2,3)43-28(38)18-21-7-4-6-20-17-22(12-15-24(20)21)30(39)37-27(32(41)42)16-19-10-13-23(14-11-19)36-31(40)29-25(34)8-5-9-26(29)35;/h5,8-15,17-18,27H,4,6-7,16H2,1-3H3,(H,36,40)(H,37,39)(H,41,42);/q;+1/p-1/b21-18+;/t27-;/m0./s1. The molecular formula is C33H31Cl2N2NaO6. The molecule has 8 nitrogen and oxygen atoms in total. The number of esters is 1. The molecule has 1 aliphatic rings. The predicted octanol–water partition coefficient (Wildman–Crippen LogP) is 2.40. The van der Waals surface area contributed by atoms with Gasteiger partial charge in [-0.25, -0.2) is 4.79 Å². The summed E-state index contributed by atoms with van der Waals surface area (Å²) >= 11 is 12.2. The van der Waals surface area contributed by atoms with Crippen molar-refractivity contribution in [3.05, 3.63) is 105 Å². The molecule has 0 aromatic heterocycles. The number of ether oxygens (including phenoxy) is 1. The Morgan fingerprint density at radius 3 is 2.23 bits per heavy atom. The molecule has 0 saturated carbocycles. The maximum absolute atomic E-state index is 13.1. The number of allylic oxidation sites excluding steroid dienone is 1. The minimum atomic E-state index is -1.43. The molecule has 1 aliphatic carbocycles. The maximum Gasteiger partial charge on any atom is 1.00 e. The molecule has 2 amide bonds. The molecule has 0 saturated heterocycles. The van der Waals surface area contributed by atoms with Crippen molar-refractivity contribution in [2.75, 3.05) is 5.32 Å². The van der Waals surface area contributed by atoms with Gasteiger partial charge in [-0.3, -0.25) is 9.59 Å². The number of anilines is 1. The van der Waals surface area contributed by atoms with Crippen molar-refractivity contribution in [2.24, 2.45) is 0 Å². The van der Waals surface area contributed by atoms with Crippen molar-refractivity contribution in [3.8, 4) is 0 Å². The van der Waals surface area contributed by atoms with Crippen LogP contribution in [0.4, 0.5) is 5.69 Å². The van der Waals surface area contributed by atoms with Crippen molar-refractivity contribution < 1.29 is 58.6 Å². The molecule has 0 spiro atoms. The number of carbonyl (C=O) groups is 4. The maximum atomic E-state index is 13.1. The Hall–Kier alpha value is -3.14. The van der Waals surface area contributed by atoms with Gasteiger partial charge in [0.2, 0.25) is 0 Å². The monoisotopic (exact) mass is 644 g/mol. The molecule has 0 heterocycles. The topological polar surface area (TPSA) is 125 Å². The third kappa shape index (κ3) is 9.43. The van der Waals surface area contributed by atoms with Crippen LogP contribution in [0.5, 0.6) is 0 Å². The molecule has 44 heavy (non-hydrogen) atoms. The number of rotatable bonds is 8. The van der Waals surface area contributed by atoms with Gasteiger partial charge in [0.25, 0.3) is 11.8 Å². The number of fused-ring (bicyclic) bond motifs is 1. The molecule has 3 aromatic carbocycles. The van der Waals surface area contributed by atoms with Gasteiger partial charge in [-0.05, 0) is 105 Å². The molecule has 224 valence electrons. The third-order valence-corrected chi connectivity index (χ3v) is 7.37. The Bertz CT molecular complexity index is 1580. The second kappa shape index (κ2) is 15.2. The largest absolute Gasteiger partial charge is 1.00 e. The SMILES string of the molecule is CC(C)(C)OC(=O)/C=C1\CCCc2cc(C(=O)N[C@@H](Cc3ccc(NC(=O)c4c(Cl)cccc4Cl)cc3)C(=O)[O-])ccc21.[Na+]. The number of hydrogen-bond donors (Lipinski definition) is 2. The van der Waals surface area contributed by atoms with Gasteiger partial charge in [0.15, 0.2) is 0 Å². The number of nitrogens with one attached hydrogen (secondary N) is 2. The quantitative estimate of drug-likeness (QED) is 0.220. The number of carboxylic acid groups (broad SMARTS) is 1. The van der Waals surface area contributed by atoms with Crippen molar-refractivity contribution in [3.63, 3.8) is 0 Å². The summed E-state index contributed by atoms with van der Waals surface area (Å²) in [6.07, 6.45) is 3.69. The van der Waals surface area contributed by atoms with E-state index in [1.54, 1.807) is 81.4 Å². The van der Waals surface area contributed by atoms with Gasteiger partial charge in [-0.1, -0.05) is 47.5 Å². The first-order valence-corrected chi connectivity index (χ1v) is 14.5. The molecular weight excluding hydrogens is 614 g/mol. The van der Waals surface area contributed by atoms with Gasteiger partial charge < -0.3 is 25.3 Å². The van der Waals surface area contributed by atoms with E-state index >= 15 is 0 Å². The Morgan fingerprint density at radius 2 is 1.61 bits per heavy atom. The average molecular weight is 646 g/mol. The zero-order valence-electron chi connectivity index (χ0n) is 25.0. The van der Waals surface area contributed by atoms with Crippen molar-refractivity contribution in [2.45, 2.75) is 58.1 Å². The zero-order valence-corrected chi connectivity index (χ0v) is 28.5. The minimum absolute atomic E-state index is 0. The summed E-state index contributed by atoms with van der Waals surface area (Å²) in [5, 5.41) is 17.6. The zero-order chi connectivity index (χ0) is 31.3. The second-order valence-corrected chi connectivity index (χ2v) is 12.0. The molecule has 0 fully saturated rings. The van der Waals surface area contributed by atoms with Crippen molar-refractivity contribution in [1.29, 1.82) is 0 Å². The van der Waals surface area contributed by atoms with Crippen LogP contribution in [0.3, 0.4) is 0 Å². The second-order valence-electron chi connectivity index (χ2n) is 11.2. The van der Waals surface area contributed by atoms with E-state index in [1.807, 2.05) is 0 Å². The normalized spacial score (nSPS) is 14.1. The number of aliphatic carboxylic acids is 1. The number of carboxylic acids is 1. The summed E-state index contributed by atoms with van der Waals surface area (Å²) in [5.41, 5.74) is 3.51. The van der Waals surface area contributed by atoms with E-state index in [9.17, 15) is 24.3 Å². The van der Waals surface area contributed by atoms with Gasteiger partial charge in [0.1, 0.15) is 5.60 Å². The molecule has 0 unspecified atom stereocenters. The van der Waals surface area contributed by atoms with E-state index in [2.05, 4.69) is 10.6 Å². The average Bonchev–Trinajstić information content (AvgIpc) is 2.92. The first-order chi connectivity index (χ1) is 20.3. The molecule has 1 atom stereocenters. The molecule has 11 heteroatoms. The minimum Gasteiger partial charge on any atom is -0.548 e. The van der Waals surface area contributed by atoms with E-state index in [0.29, 0.717) is 23.2 Å². The molecule has 0 bridgehead atoms. The van der Waals surface area contributed by atoms with Crippen LogP contribution in [0, 0.1) is 0 Å². The first-order valence-electron chi connectivity index (χ1n) is 13.7. The molecule has 0 aliphatic heterocycles. The fourth-order valence-corrected chi connectivity index (χ4v) is 5.35. The fraction of sp³-hybridized carbons (Fsp3) is 0.273. The van der Waals surface area contributed by atoms with Crippen molar-refractivity contribution in [1.82, 2.24) is 5.32 Å². The number of hydrogen-bond acceptors (Lipinski definition) is 6. The third-order valence-electron chi connectivity index (χ3n) is 6.74. The van der Waals surface area contributed by atoms with Gasteiger partial charge in [0, 0.05) is 17.3 Å². The summed E-state index contributed by atoms with van der Waals surface area (Å²) in [5.74, 6) is -2.89. The van der Waals surface area contributed by atoms with Crippen LogP contribution >= 0.6 is 23.2 Å². The Balaban J connectivity index is 0.00000529. The molecule has 4 rings (SSSR count). The molecule has 3 aromatic rings. The summed E-state index contributed by atoms with van der Waals surface area (Å²) in [7, 11) is 0. The van der Waals surface area contributed by atoms with E-state index in [1.165, 1.54) is 6.08 Å². The van der Waals surface area contributed by atoms with Crippen LogP contribution < -0.4 is 45.3 Å². The van der Waals surface area contributed by atoms with Crippen LogP contribution in [-0.2, 0) is 27.2 Å². The number of amides is 2. The molecule has 0 radical (unpaired) electrons. The van der Waals surface area contributed by atoms with Gasteiger partial charge in [-0.2, -0.15) is 0 Å². The summed E-state index contributed by atoms with van der Waals surface area (Å²) < 4.78 is 5.41. The first kappa shape index (κ1) is 35.3. The molecule has 2 N–H and O–H groups in total. The van der Waals surface area contributed by atoms with Gasteiger partial charge >= 0.3 is 35.5 Å². The number of carbonyl (C=O) groups excluding carboxylic acids is 4. The predicted molar refractivity (Wildman–Crippen MR) is 164 cm³/mol. The van der Waals surface area contributed by atoms with Crippen LogP contribution in [0.25, 0.3) is 5.57 Å². The fourth-order valence-electron chi connectivity index (χ4n) is 4.79. The smallest absolute Gasteiger partial charge is 0.548 e. The van der Waals surface area contributed by atoms with E-state index in [-0.39, 0.29) is 51.6 Å². The van der Waals surface area contributed by atoms with E-state index < -0.39 is 35.4 Å². The van der Waals surface area contributed by atoms with E-state index in [0.717, 1.165) is 29.5 Å².